The van der Waals surface area contributed by atoms with Gasteiger partial charge in [-0.05, 0) is 49.9 Å². The summed E-state index contributed by atoms with van der Waals surface area (Å²) in [7, 11) is 0. The summed E-state index contributed by atoms with van der Waals surface area (Å²) in [6.07, 6.45) is 6.69. The van der Waals surface area contributed by atoms with Gasteiger partial charge in [0.1, 0.15) is 11.6 Å². The number of piperidine rings is 1. The Labute approximate surface area is 182 Å². The quantitative estimate of drug-likeness (QED) is 0.610. The number of hydrogen-bond acceptors (Lipinski definition) is 6. The fourth-order valence-corrected chi connectivity index (χ4v) is 3.88. The number of pyridine rings is 3. The number of nitrogens with zero attached hydrogens (tertiary/aromatic N) is 4. The molecule has 0 bridgehead atoms. The minimum absolute atomic E-state index is 0.274. The zero-order chi connectivity index (χ0) is 22.0. The fraction of sp³-hybridized carbons (Fsp3) is 0.417. The van der Waals surface area contributed by atoms with Crippen LogP contribution in [0, 0.1) is 11.8 Å². The highest BCUT2D eigenvalue weighted by atomic mass is 16.4. The number of carbonyl (C=O) groups is 1. The molecule has 0 saturated carbocycles. The first-order valence-electron chi connectivity index (χ1n) is 10.9. The highest BCUT2D eigenvalue weighted by Gasteiger charge is 2.26. The van der Waals surface area contributed by atoms with Crippen molar-refractivity contribution in [2.45, 2.75) is 39.7 Å². The Bertz CT molecular complexity index is 1080. The lowest BCUT2D eigenvalue weighted by atomic mass is 9.97. The van der Waals surface area contributed by atoms with Gasteiger partial charge in [-0.1, -0.05) is 13.8 Å². The van der Waals surface area contributed by atoms with Crippen molar-refractivity contribution in [3.8, 4) is 11.3 Å². The summed E-state index contributed by atoms with van der Waals surface area (Å²) in [6, 6.07) is 8.35. The number of hydrogen-bond donors (Lipinski definition) is 2. The van der Waals surface area contributed by atoms with Crippen LogP contribution in [0.5, 0.6) is 0 Å². The van der Waals surface area contributed by atoms with Crippen LogP contribution in [0.2, 0.25) is 0 Å². The third-order valence-corrected chi connectivity index (χ3v) is 6.19. The molecule has 1 saturated heterocycles. The van der Waals surface area contributed by atoms with Crippen LogP contribution in [0.3, 0.4) is 0 Å². The van der Waals surface area contributed by atoms with Crippen molar-refractivity contribution >= 4 is 28.4 Å². The molecule has 2 N–H and O–H groups in total. The molecule has 0 unspecified atom stereocenters. The maximum Gasteiger partial charge on any atom is 0.306 e. The van der Waals surface area contributed by atoms with E-state index >= 15 is 0 Å². The van der Waals surface area contributed by atoms with Crippen LogP contribution in [0.4, 0.5) is 11.6 Å². The van der Waals surface area contributed by atoms with Crippen LogP contribution in [0.15, 0.2) is 42.9 Å². The van der Waals surface area contributed by atoms with Gasteiger partial charge >= 0.3 is 5.97 Å². The fourth-order valence-electron chi connectivity index (χ4n) is 3.88. The molecule has 0 aromatic carbocycles. The van der Waals surface area contributed by atoms with E-state index in [1.165, 1.54) is 0 Å². The van der Waals surface area contributed by atoms with E-state index < -0.39 is 5.97 Å². The predicted octanol–water partition coefficient (Wildman–Crippen LogP) is 4.45. The topological polar surface area (TPSA) is 91.2 Å². The molecule has 162 valence electrons. The molecule has 0 radical (unpaired) electrons. The lowest BCUT2D eigenvalue weighted by Gasteiger charge is -2.32. The summed E-state index contributed by atoms with van der Waals surface area (Å²) < 4.78 is 0. The number of nitrogens with one attached hydrogen (secondary N) is 1. The van der Waals surface area contributed by atoms with Crippen molar-refractivity contribution in [2.24, 2.45) is 11.8 Å². The van der Waals surface area contributed by atoms with Crippen LogP contribution in [0.25, 0.3) is 22.0 Å². The van der Waals surface area contributed by atoms with Gasteiger partial charge < -0.3 is 15.3 Å². The third kappa shape index (κ3) is 4.60. The third-order valence-electron chi connectivity index (χ3n) is 6.19. The number of aliphatic carboxylic acids is 1. The number of anilines is 2. The van der Waals surface area contributed by atoms with Gasteiger partial charge in [0.15, 0.2) is 0 Å². The van der Waals surface area contributed by atoms with Crippen molar-refractivity contribution in [2.75, 3.05) is 23.3 Å². The molecule has 7 nitrogen and oxygen atoms in total. The molecule has 0 aliphatic carbocycles. The summed E-state index contributed by atoms with van der Waals surface area (Å²) in [5.74, 6) is 1.24. The van der Waals surface area contributed by atoms with Crippen molar-refractivity contribution in [1.29, 1.82) is 0 Å². The molecule has 3 aromatic rings. The van der Waals surface area contributed by atoms with Gasteiger partial charge in [-0.25, -0.2) is 9.97 Å². The Kier molecular flexibility index (Phi) is 6.02. The van der Waals surface area contributed by atoms with Crippen LogP contribution in [-0.2, 0) is 4.79 Å². The van der Waals surface area contributed by atoms with Gasteiger partial charge in [0.25, 0.3) is 0 Å². The zero-order valence-electron chi connectivity index (χ0n) is 18.2. The molecule has 1 atom stereocenters. The van der Waals surface area contributed by atoms with E-state index in [2.05, 4.69) is 47.0 Å². The molecule has 1 aliphatic rings. The Morgan fingerprint density at radius 3 is 2.65 bits per heavy atom. The molecule has 31 heavy (non-hydrogen) atoms. The van der Waals surface area contributed by atoms with E-state index in [0.29, 0.717) is 37.9 Å². The van der Waals surface area contributed by atoms with E-state index in [1.807, 2.05) is 24.4 Å². The molecule has 4 rings (SSSR count). The van der Waals surface area contributed by atoms with E-state index in [-0.39, 0.29) is 5.92 Å². The largest absolute Gasteiger partial charge is 0.481 e. The molecule has 4 heterocycles. The number of fused-ring (bicyclic) bond motifs is 1. The first kappa shape index (κ1) is 21.0. The van der Waals surface area contributed by atoms with Gasteiger partial charge in [-0.15, -0.1) is 0 Å². The van der Waals surface area contributed by atoms with E-state index in [4.69, 9.17) is 4.98 Å². The second-order valence-electron chi connectivity index (χ2n) is 8.63. The number of aromatic nitrogens is 3. The Hall–Kier alpha value is -3.22. The number of rotatable bonds is 6. The summed E-state index contributed by atoms with van der Waals surface area (Å²) in [5, 5.41) is 14.8. The van der Waals surface area contributed by atoms with Crippen molar-refractivity contribution in [1.82, 2.24) is 15.0 Å². The smallest absolute Gasteiger partial charge is 0.306 e. The molecule has 7 heteroatoms. The van der Waals surface area contributed by atoms with Crippen molar-refractivity contribution in [3.63, 3.8) is 0 Å². The maximum absolute atomic E-state index is 11.3. The zero-order valence-corrected chi connectivity index (χ0v) is 18.2. The van der Waals surface area contributed by atoms with Gasteiger partial charge in [0, 0.05) is 54.1 Å². The first-order chi connectivity index (χ1) is 14.9. The van der Waals surface area contributed by atoms with E-state index in [1.54, 1.807) is 12.4 Å². The normalized spacial score (nSPS) is 15.9. The van der Waals surface area contributed by atoms with Crippen molar-refractivity contribution in [3.05, 3.63) is 42.9 Å². The minimum atomic E-state index is -0.706. The predicted molar refractivity (Wildman–Crippen MR) is 123 cm³/mol. The molecule has 0 spiro atoms. The molecule has 0 amide bonds. The highest BCUT2D eigenvalue weighted by molar-refractivity contribution is 5.94. The summed E-state index contributed by atoms with van der Waals surface area (Å²) in [6.45, 7) is 7.87. The molecule has 1 fully saturated rings. The van der Waals surface area contributed by atoms with Gasteiger partial charge in [0.05, 0.1) is 11.6 Å². The lowest BCUT2D eigenvalue weighted by molar-refractivity contribution is -0.142. The summed E-state index contributed by atoms with van der Waals surface area (Å²) in [5.41, 5.74) is 1.85. The monoisotopic (exact) mass is 419 g/mol. The second kappa shape index (κ2) is 8.88. The number of carboxylic acids is 1. The van der Waals surface area contributed by atoms with Crippen LogP contribution in [-0.4, -0.2) is 45.2 Å². The number of carboxylic acid groups (broad SMARTS) is 1. The lowest BCUT2D eigenvalue weighted by Crippen LogP contribution is -2.36. The maximum atomic E-state index is 11.3. The van der Waals surface area contributed by atoms with Crippen LogP contribution >= 0.6 is 0 Å². The standard InChI is InChI=1S/C24H29N5O2/c1-15(2)16(3)27-22-13-18(4-9-26-22)21-12-19-14-25-8-5-20(19)23(28-21)29-10-6-17(7-11-29)24(30)31/h4-5,8-9,12-17H,6-7,10-11H2,1-3H3,(H,26,27)(H,30,31)/t16-/m1/s1. The Morgan fingerprint density at radius 2 is 1.94 bits per heavy atom. The van der Waals surface area contributed by atoms with E-state index in [9.17, 15) is 9.90 Å². The van der Waals surface area contributed by atoms with Gasteiger partial charge in [-0.3, -0.25) is 9.78 Å². The minimum Gasteiger partial charge on any atom is -0.481 e. The molecule has 3 aromatic heterocycles. The Morgan fingerprint density at radius 1 is 1.16 bits per heavy atom. The van der Waals surface area contributed by atoms with Gasteiger partial charge in [-0.2, -0.15) is 0 Å². The Balaban J connectivity index is 1.69. The first-order valence-corrected chi connectivity index (χ1v) is 10.9. The molecular formula is C24H29N5O2. The second-order valence-corrected chi connectivity index (χ2v) is 8.63. The molecular weight excluding hydrogens is 390 g/mol. The summed E-state index contributed by atoms with van der Waals surface area (Å²) in [4.78, 5) is 27.3. The average Bonchev–Trinajstić information content (AvgIpc) is 2.78. The van der Waals surface area contributed by atoms with Crippen LogP contribution < -0.4 is 10.2 Å². The average molecular weight is 420 g/mol. The van der Waals surface area contributed by atoms with Crippen LogP contribution in [0.1, 0.15) is 33.6 Å². The van der Waals surface area contributed by atoms with E-state index in [0.717, 1.165) is 33.7 Å². The molecule has 1 aliphatic heterocycles. The summed E-state index contributed by atoms with van der Waals surface area (Å²) >= 11 is 0. The van der Waals surface area contributed by atoms with Gasteiger partial charge in [0.2, 0.25) is 0 Å². The van der Waals surface area contributed by atoms with Crippen molar-refractivity contribution < 1.29 is 9.90 Å². The highest BCUT2D eigenvalue weighted by Crippen LogP contribution is 2.32. The SMILES string of the molecule is CC(C)[C@@H](C)Nc1cc(-c2cc3cnccc3c(N3CCC(C(=O)O)CC3)n2)ccn1.